The van der Waals surface area contributed by atoms with E-state index < -0.39 is 66.1 Å². The lowest BCUT2D eigenvalue weighted by atomic mass is 9.97. The van der Waals surface area contributed by atoms with E-state index in [0.29, 0.717) is 32.2 Å². The third-order valence-electron chi connectivity index (χ3n) is 5.43. The van der Waals surface area contributed by atoms with Gasteiger partial charge >= 0.3 is 5.97 Å². The van der Waals surface area contributed by atoms with Crippen molar-refractivity contribution in [3.63, 3.8) is 0 Å². The molecule has 0 fully saturated rings. The highest BCUT2D eigenvalue weighted by atomic mass is 16.4. The van der Waals surface area contributed by atoms with Crippen LogP contribution in [-0.4, -0.2) is 71.3 Å². The second kappa shape index (κ2) is 16.4. The van der Waals surface area contributed by atoms with Crippen LogP contribution in [0.3, 0.4) is 0 Å². The van der Waals surface area contributed by atoms with Crippen molar-refractivity contribution in [2.75, 3.05) is 6.54 Å². The van der Waals surface area contributed by atoms with E-state index in [4.69, 9.17) is 22.9 Å². The smallest absolute Gasteiger partial charge is 0.326 e. The number of carboxylic acids is 1. The van der Waals surface area contributed by atoms with Gasteiger partial charge in [0.05, 0.1) is 12.5 Å². The number of nitrogens with one attached hydrogen (secondary N) is 3. The van der Waals surface area contributed by atoms with Crippen LogP contribution in [0.4, 0.5) is 0 Å². The van der Waals surface area contributed by atoms with E-state index in [1.165, 1.54) is 0 Å². The molecule has 0 spiro atoms. The Morgan fingerprint density at radius 1 is 0.829 bits per heavy atom. The number of amides is 5. The highest BCUT2D eigenvalue weighted by Crippen LogP contribution is 2.10. The third kappa shape index (κ3) is 12.7. The Balaban J connectivity index is 5.50. The Morgan fingerprint density at radius 2 is 1.43 bits per heavy atom. The van der Waals surface area contributed by atoms with Gasteiger partial charge in [-0.05, 0) is 31.7 Å². The van der Waals surface area contributed by atoms with Crippen molar-refractivity contribution in [2.24, 2.45) is 28.9 Å². The monoisotopic (exact) mass is 501 g/mol. The SMILES string of the molecule is CCC(C)C(NC(=O)C(N)CCCCN)C(=O)NC(CC(N)=O)C(=O)NC(CCC(N)=O)C(=O)O. The Kier molecular flexibility index (Phi) is 14.9. The standard InChI is InChI=1S/C21H39N7O7/c1-3-11(2)17(28-18(31)12(23)6-4-5-9-22)20(33)27-14(10-16(25)30)19(32)26-13(21(34)35)7-8-15(24)29/h11-14,17H,3-10,22-23H2,1-2H3,(H2,24,29)(H2,25,30)(H,26,32)(H,27,33)(H,28,31)(H,34,35). The first-order valence-corrected chi connectivity index (χ1v) is 11.5. The average molecular weight is 502 g/mol. The number of hydrogen-bond donors (Lipinski definition) is 8. The summed E-state index contributed by atoms with van der Waals surface area (Å²) in [7, 11) is 0. The predicted octanol–water partition coefficient (Wildman–Crippen LogP) is -2.83. The summed E-state index contributed by atoms with van der Waals surface area (Å²) in [6.07, 6.45) is 0.955. The fourth-order valence-corrected chi connectivity index (χ4v) is 3.09. The largest absolute Gasteiger partial charge is 0.480 e. The predicted molar refractivity (Wildman–Crippen MR) is 126 cm³/mol. The molecule has 0 saturated heterocycles. The van der Waals surface area contributed by atoms with Crippen molar-refractivity contribution in [3.8, 4) is 0 Å². The first-order chi connectivity index (χ1) is 16.3. The van der Waals surface area contributed by atoms with Gasteiger partial charge in [0.2, 0.25) is 29.5 Å². The number of rotatable bonds is 18. The third-order valence-corrected chi connectivity index (χ3v) is 5.43. The summed E-state index contributed by atoms with van der Waals surface area (Å²) in [6.45, 7) is 3.96. The highest BCUT2D eigenvalue weighted by Gasteiger charge is 2.33. The molecule has 12 N–H and O–H groups in total. The fraction of sp³-hybridized carbons (Fsp3) is 0.714. The molecular weight excluding hydrogens is 462 g/mol. The van der Waals surface area contributed by atoms with Crippen LogP contribution in [0.15, 0.2) is 0 Å². The van der Waals surface area contributed by atoms with Gasteiger partial charge in [-0.2, -0.15) is 0 Å². The number of hydrogen-bond acceptors (Lipinski definition) is 8. The zero-order valence-corrected chi connectivity index (χ0v) is 20.2. The quantitative estimate of drug-likeness (QED) is 0.0898. The first kappa shape index (κ1) is 31.7. The molecule has 0 heterocycles. The molecule has 0 saturated carbocycles. The van der Waals surface area contributed by atoms with Crippen LogP contribution >= 0.6 is 0 Å². The summed E-state index contributed by atoms with van der Waals surface area (Å²) < 4.78 is 0. The van der Waals surface area contributed by atoms with Crippen molar-refractivity contribution < 1.29 is 33.9 Å². The lowest BCUT2D eigenvalue weighted by Gasteiger charge is -2.27. The van der Waals surface area contributed by atoms with Gasteiger partial charge in [-0.15, -0.1) is 0 Å². The minimum Gasteiger partial charge on any atom is -0.480 e. The van der Waals surface area contributed by atoms with Crippen LogP contribution in [0.1, 0.15) is 58.8 Å². The van der Waals surface area contributed by atoms with Crippen molar-refractivity contribution in [1.82, 2.24) is 16.0 Å². The van der Waals surface area contributed by atoms with Crippen LogP contribution in [0.2, 0.25) is 0 Å². The van der Waals surface area contributed by atoms with E-state index >= 15 is 0 Å². The molecular formula is C21H39N7O7. The van der Waals surface area contributed by atoms with Gasteiger partial charge in [0.25, 0.3) is 0 Å². The summed E-state index contributed by atoms with van der Waals surface area (Å²) in [5.74, 6) is -5.82. The van der Waals surface area contributed by atoms with Crippen LogP contribution in [0.25, 0.3) is 0 Å². The molecule has 0 aliphatic heterocycles. The molecule has 5 amide bonds. The topological polar surface area (TPSA) is 263 Å². The van der Waals surface area contributed by atoms with Gasteiger partial charge in [-0.3, -0.25) is 24.0 Å². The zero-order valence-electron chi connectivity index (χ0n) is 20.2. The first-order valence-electron chi connectivity index (χ1n) is 11.5. The molecule has 35 heavy (non-hydrogen) atoms. The summed E-state index contributed by atoms with van der Waals surface area (Å²) in [5, 5.41) is 16.4. The normalized spacial score (nSPS) is 15.1. The van der Waals surface area contributed by atoms with E-state index in [2.05, 4.69) is 16.0 Å². The van der Waals surface area contributed by atoms with Gasteiger partial charge in [0.15, 0.2) is 0 Å². The Hall–Kier alpha value is -3.26. The molecule has 0 aromatic carbocycles. The van der Waals surface area contributed by atoms with Crippen molar-refractivity contribution in [2.45, 2.75) is 83.0 Å². The van der Waals surface area contributed by atoms with E-state index in [-0.39, 0.29) is 18.8 Å². The molecule has 0 aromatic rings. The molecule has 0 aliphatic carbocycles. The number of unbranched alkanes of at least 4 members (excludes halogenated alkanes) is 1. The molecule has 0 radical (unpaired) electrons. The van der Waals surface area contributed by atoms with E-state index in [0.717, 1.165) is 0 Å². The summed E-state index contributed by atoms with van der Waals surface area (Å²) in [5.41, 5.74) is 21.6. The number of carbonyl (C=O) groups is 6. The second-order valence-electron chi connectivity index (χ2n) is 8.40. The maximum absolute atomic E-state index is 13.0. The number of carboxylic acid groups (broad SMARTS) is 1. The van der Waals surface area contributed by atoms with Crippen molar-refractivity contribution >= 4 is 35.5 Å². The molecule has 0 aliphatic rings. The van der Waals surface area contributed by atoms with Gasteiger partial charge < -0.3 is 44.0 Å². The Labute approximate surface area is 204 Å². The molecule has 5 atom stereocenters. The number of primary amides is 2. The minimum absolute atomic E-state index is 0.290. The van der Waals surface area contributed by atoms with E-state index in [1.807, 2.05) is 0 Å². The highest BCUT2D eigenvalue weighted by molar-refractivity contribution is 5.96. The average Bonchev–Trinajstić information content (AvgIpc) is 2.78. The maximum Gasteiger partial charge on any atom is 0.326 e. The van der Waals surface area contributed by atoms with Gasteiger partial charge in [0, 0.05) is 6.42 Å². The lowest BCUT2D eigenvalue weighted by molar-refractivity contribution is -0.142. The number of carbonyl (C=O) groups excluding carboxylic acids is 5. The van der Waals surface area contributed by atoms with Crippen LogP contribution in [-0.2, 0) is 28.8 Å². The summed E-state index contributed by atoms with van der Waals surface area (Å²) in [4.78, 5) is 72.1. The summed E-state index contributed by atoms with van der Waals surface area (Å²) in [6, 6.07) is -4.95. The summed E-state index contributed by atoms with van der Waals surface area (Å²) >= 11 is 0. The van der Waals surface area contributed by atoms with Gasteiger partial charge in [-0.25, -0.2) is 4.79 Å². The molecule has 14 nitrogen and oxygen atoms in total. The molecule has 14 heteroatoms. The van der Waals surface area contributed by atoms with Crippen molar-refractivity contribution in [1.29, 1.82) is 0 Å². The Morgan fingerprint density at radius 3 is 1.91 bits per heavy atom. The Bertz CT molecular complexity index is 762. The van der Waals surface area contributed by atoms with Crippen molar-refractivity contribution in [3.05, 3.63) is 0 Å². The van der Waals surface area contributed by atoms with Crippen LogP contribution in [0.5, 0.6) is 0 Å². The lowest BCUT2D eigenvalue weighted by Crippen LogP contribution is -2.59. The number of nitrogens with two attached hydrogens (primary N) is 4. The molecule has 200 valence electrons. The number of aliphatic carboxylic acids is 1. The van der Waals surface area contributed by atoms with Crippen LogP contribution in [0, 0.1) is 5.92 Å². The molecule has 0 aromatic heterocycles. The second-order valence-corrected chi connectivity index (χ2v) is 8.40. The molecule has 0 rings (SSSR count). The maximum atomic E-state index is 13.0. The minimum atomic E-state index is -1.52. The van der Waals surface area contributed by atoms with Crippen LogP contribution < -0.4 is 38.9 Å². The van der Waals surface area contributed by atoms with Gasteiger partial charge in [-0.1, -0.05) is 26.7 Å². The molecule has 5 unspecified atom stereocenters. The van der Waals surface area contributed by atoms with E-state index in [9.17, 15) is 33.9 Å². The van der Waals surface area contributed by atoms with E-state index in [1.54, 1.807) is 13.8 Å². The molecule has 0 bridgehead atoms. The van der Waals surface area contributed by atoms with Gasteiger partial charge in [0.1, 0.15) is 18.1 Å². The fourth-order valence-electron chi connectivity index (χ4n) is 3.09. The zero-order chi connectivity index (χ0) is 27.1.